The van der Waals surface area contributed by atoms with E-state index >= 15 is 0 Å². The second-order valence-corrected chi connectivity index (χ2v) is 7.45. The number of benzene rings is 3. The predicted molar refractivity (Wildman–Crippen MR) is 130 cm³/mol. The molecule has 6 heteroatoms. The number of hydrogen-bond acceptors (Lipinski definition) is 5. The number of para-hydroxylation sites is 1. The van der Waals surface area contributed by atoms with E-state index in [1.54, 1.807) is 0 Å². The first-order valence-electron chi connectivity index (χ1n) is 10.5. The molecule has 32 heavy (non-hydrogen) atoms. The molecule has 0 aliphatic rings. The van der Waals surface area contributed by atoms with Gasteiger partial charge in [0.1, 0.15) is 5.82 Å². The van der Waals surface area contributed by atoms with Gasteiger partial charge in [-0.05, 0) is 55.3 Å². The first-order chi connectivity index (χ1) is 15.6. The molecular formula is C26H25N5O. The van der Waals surface area contributed by atoms with Crippen LogP contribution in [0, 0.1) is 6.92 Å². The number of aryl methyl sites for hydroxylation is 2. The van der Waals surface area contributed by atoms with E-state index in [1.165, 1.54) is 0 Å². The third-order valence-corrected chi connectivity index (χ3v) is 4.81. The van der Waals surface area contributed by atoms with Gasteiger partial charge < -0.3 is 16.0 Å². The van der Waals surface area contributed by atoms with Gasteiger partial charge in [-0.3, -0.25) is 4.79 Å². The van der Waals surface area contributed by atoms with Gasteiger partial charge in [-0.25, -0.2) is 4.98 Å². The van der Waals surface area contributed by atoms with Crippen LogP contribution in [0.25, 0.3) is 0 Å². The van der Waals surface area contributed by atoms with Crippen molar-refractivity contribution < 1.29 is 4.79 Å². The lowest BCUT2D eigenvalue weighted by Crippen LogP contribution is -2.12. The minimum absolute atomic E-state index is 0.00629. The van der Waals surface area contributed by atoms with E-state index in [0.717, 1.165) is 34.7 Å². The average molecular weight is 424 g/mol. The standard InChI is InChI=1S/C26H25N5O/c1-19-18-24(28-21-10-6-3-7-11-21)31-26(27-19)30-23-15-13-22(14-16-23)29-25(32)17-12-20-8-4-2-5-9-20/h2-11,13-16,18H,12,17H2,1H3,(H,29,32)(H2,27,28,30,31). The van der Waals surface area contributed by atoms with Gasteiger partial charge in [0.15, 0.2) is 0 Å². The summed E-state index contributed by atoms with van der Waals surface area (Å²) >= 11 is 0. The van der Waals surface area contributed by atoms with Gasteiger partial charge in [-0.1, -0.05) is 48.5 Å². The SMILES string of the molecule is Cc1cc(Nc2ccccc2)nc(Nc2ccc(NC(=O)CCc3ccccc3)cc2)n1. The van der Waals surface area contributed by atoms with Gasteiger partial charge in [0.25, 0.3) is 0 Å². The maximum atomic E-state index is 12.2. The van der Waals surface area contributed by atoms with Crippen molar-refractivity contribution in [1.82, 2.24) is 9.97 Å². The normalized spacial score (nSPS) is 10.4. The Balaban J connectivity index is 1.34. The smallest absolute Gasteiger partial charge is 0.229 e. The van der Waals surface area contributed by atoms with Gasteiger partial charge >= 0.3 is 0 Å². The summed E-state index contributed by atoms with van der Waals surface area (Å²) in [5, 5.41) is 9.45. The van der Waals surface area contributed by atoms with Crippen molar-refractivity contribution in [3.05, 3.63) is 102 Å². The van der Waals surface area contributed by atoms with Crippen LogP contribution in [-0.2, 0) is 11.2 Å². The van der Waals surface area contributed by atoms with E-state index in [9.17, 15) is 4.79 Å². The van der Waals surface area contributed by atoms with Gasteiger partial charge in [-0.15, -0.1) is 0 Å². The van der Waals surface area contributed by atoms with E-state index in [1.807, 2.05) is 97.9 Å². The van der Waals surface area contributed by atoms with Crippen molar-refractivity contribution >= 4 is 34.7 Å². The number of amides is 1. The molecule has 3 aromatic carbocycles. The van der Waals surface area contributed by atoms with Crippen molar-refractivity contribution in [1.29, 1.82) is 0 Å². The summed E-state index contributed by atoms with van der Waals surface area (Å²) in [6, 6.07) is 29.3. The van der Waals surface area contributed by atoms with E-state index in [-0.39, 0.29) is 5.91 Å². The Morgan fingerprint density at radius 3 is 2.09 bits per heavy atom. The summed E-state index contributed by atoms with van der Waals surface area (Å²) in [7, 11) is 0. The van der Waals surface area contributed by atoms with Crippen molar-refractivity contribution in [2.24, 2.45) is 0 Å². The van der Waals surface area contributed by atoms with Gasteiger partial charge in [0.2, 0.25) is 11.9 Å². The van der Waals surface area contributed by atoms with Crippen LogP contribution in [0.3, 0.4) is 0 Å². The molecule has 4 rings (SSSR count). The quantitative estimate of drug-likeness (QED) is 0.332. The van der Waals surface area contributed by atoms with E-state index in [0.29, 0.717) is 18.2 Å². The van der Waals surface area contributed by atoms with Crippen LogP contribution >= 0.6 is 0 Å². The van der Waals surface area contributed by atoms with Crippen molar-refractivity contribution in [3.63, 3.8) is 0 Å². The number of aromatic nitrogens is 2. The second kappa shape index (κ2) is 10.2. The summed E-state index contributed by atoms with van der Waals surface area (Å²) < 4.78 is 0. The molecule has 0 radical (unpaired) electrons. The minimum atomic E-state index is -0.00629. The fourth-order valence-electron chi connectivity index (χ4n) is 3.25. The third-order valence-electron chi connectivity index (χ3n) is 4.81. The Morgan fingerprint density at radius 2 is 1.38 bits per heavy atom. The first kappa shape index (κ1) is 21.1. The number of nitrogens with one attached hydrogen (secondary N) is 3. The van der Waals surface area contributed by atoms with Gasteiger partial charge in [0, 0.05) is 35.2 Å². The molecule has 0 aliphatic carbocycles. The van der Waals surface area contributed by atoms with Crippen molar-refractivity contribution in [3.8, 4) is 0 Å². The monoisotopic (exact) mass is 423 g/mol. The maximum Gasteiger partial charge on any atom is 0.229 e. The topological polar surface area (TPSA) is 78.9 Å². The first-order valence-corrected chi connectivity index (χ1v) is 10.5. The number of carbonyl (C=O) groups is 1. The Kier molecular flexibility index (Phi) is 6.72. The summed E-state index contributed by atoms with van der Waals surface area (Å²) in [5.74, 6) is 1.21. The third kappa shape index (κ3) is 6.15. The highest BCUT2D eigenvalue weighted by Gasteiger charge is 2.06. The molecule has 0 unspecified atom stereocenters. The maximum absolute atomic E-state index is 12.2. The molecule has 0 atom stereocenters. The Bertz CT molecular complexity index is 1160. The highest BCUT2D eigenvalue weighted by Crippen LogP contribution is 2.20. The van der Waals surface area contributed by atoms with Crippen LogP contribution in [0.2, 0.25) is 0 Å². The zero-order valence-corrected chi connectivity index (χ0v) is 17.9. The van der Waals surface area contributed by atoms with E-state index in [2.05, 4.69) is 25.9 Å². The lowest BCUT2D eigenvalue weighted by atomic mass is 10.1. The van der Waals surface area contributed by atoms with Crippen LogP contribution in [0.15, 0.2) is 91.0 Å². The van der Waals surface area contributed by atoms with Crippen LogP contribution in [0.5, 0.6) is 0 Å². The fourth-order valence-corrected chi connectivity index (χ4v) is 3.25. The number of hydrogen-bond donors (Lipinski definition) is 3. The van der Waals surface area contributed by atoms with Crippen LogP contribution in [-0.4, -0.2) is 15.9 Å². The Morgan fingerprint density at radius 1 is 0.750 bits per heavy atom. The fraction of sp³-hybridized carbons (Fsp3) is 0.115. The molecule has 1 amide bonds. The second-order valence-electron chi connectivity index (χ2n) is 7.45. The minimum Gasteiger partial charge on any atom is -0.340 e. The number of carbonyl (C=O) groups excluding carboxylic acids is 1. The molecule has 1 aromatic heterocycles. The van der Waals surface area contributed by atoms with Crippen molar-refractivity contribution in [2.75, 3.05) is 16.0 Å². The van der Waals surface area contributed by atoms with Gasteiger partial charge in [0.05, 0.1) is 0 Å². The number of rotatable bonds is 8. The highest BCUT2D eigenvalue weighted by molar-refractivity contribution is 5.91. The largest absolute Gasteiger partial charge is 0.340 e. The van der Waals surface area contributed by atoms with Crippen LogP contribution < -0.4 is 16.0 Å². The summed E-state index contributed by atoms with van der Waals surface area (Å²) in [6.45, 7) is 1.93. The molecule has 4 aromatic rings. The zero-order chi connectivity index (χ0) is 22.2. The van der Waals surface area contributed by atoms with Crippen molar-refractivity contribution in [2.45, 2.75) is 19.8 Å². The zero-order valence-electron chi connectivity index (χ0n) is 17.9. The molecule has 0 bridgehead atoms. The molecular weight excluding hydrogens is 398 g/mol. The molecule has 0 aliphatic heterocycles. The molecule has 160 valence electrons. The summed E-state index contributed by atoms with van der Waals surface area (Å²) in [4.78, 5) is 21.2. The average Bonchev–Trinajstić information content (AvgIpc) is 2.80. The highest BCUT2D eigenvalue weighted by atomic mass is 16.1. The Hall–Kier alpha value is -4.19. The number of nitrogens with zero attached hydrogens (tertiary/aromatic N) is 2. The number of anilines is 5. The molecule has 3 N–H and O–H groups in total. The molecule has 0 saturated carbocycles. The molecule has 0 fully saturated rings. The molecule has 6 nitrogen and oxygen atoms in total. The van der Waals surface area contributed by atoms with Gasteiger partial charge in [-0.2, -0.15) is 4.98 Å². The van der Waals surface area contributed by atoms with Crippen LogP contribution in [0.4, 0.5) is 28.8 Å². The van der Waals surface area contributed by atoms with E-state index < -0.39 is 0 Å². The molecule has 1 heterocycles. The Labute approximate surface area is 187 Å². The lowest BCUT2D eigenvalue weighted by molar-refractivity contribution is -0.116. The molecule has 0 spiro atoms. The summed E-state index contributed by atoms with van der Waals surface area (Å²) in [5.41, 5.74) is 4.56. The summed E-state index contributed by atoms with van der Waals surface area (Å²) in [6.07, 6.45) is 1.16. The molecule has 0 saturated heterocycles. The predicted octanol–water partition coefficient (Wildman–Crippen LogP) is 5.84. The van der Waals surface area contributed by atoms with Crippen LogP contribution in [0.1, 0.15) is 17.7 Å². The lowest BCUT2D eigenvalue weighted by Gasteiger charge is -2.11. The van der Waals surface area contributed by atoms with E-state index in [4.69, 9.17) is 0 Å².